The van der Waals surface area contributed by atoms with Gasteiger partial charge in [-0.05, 0) is 22.9 Å². The molecule has 3 aromatic heterocycles. The third kappa shape index (κ3) is 3.92. The Morgan fingerprint density at radius 3 is 2.70 bits per heavy atom. The van der Waals surface area contributed by atoms with Crippen LogP contribution in [0, 0.1) is 0 Å². The minimum atomic E-state index is -0.859. The number of benzene rings is 1. The molecular formula is C17H13Cl2N7O3S. The van der Waals surface area contributed by atoms with Crippen LogP contribution < -0.4 is 11.3 Å². The number of hydrogen-bond acceptors (Lipinski definition) is 8. The highest BCUT2D eigenvalue weighted by molar-refractivity contribution is 7.21. The van der Waals surface area contributed by atoms with Crippen LogP contribution in [0.5, 0.6) is 0 Å². The number of nitrogens with two attached hydrogens (primary N) is 1. The number of thiophene rings is 1. The fourth-order valence-corrected chi connectivity index (χ4v) is 4.22. The molecule has 1 aromatic carbocycles. The van der Waals surface area contributed by atoms with Gasteiger partial charge in [0.15, 0.2) is 5.82 Å². The molecule has 30 heavy (non-hydrogen) atoms. The standard InChI is InChI=1S/C17H13Cl2N7O3S/c18-9-3-1-8(2-4-9)10(27)5-26-23-11(22-24-26)6-25-7-21-16-12(17(25)29)13(19)14(30-16)15(20)28/h1-4,7,10,27H,5-6H2,(H2,20,28)/t10-/m0/s1. The molecule has 0 saturated heterocycles. The molecular weight excluding hydrogens is 453 g/mol. The summed E-state index contributed by atoms with van der Waals surface area (Å²) in [6, 6.07) is 6.76. The minimum absolute atomic E-state index is 0.0166. The molecule has 0 radical (unpaired) electrons. The lowest BCUT2D eigenvalue weighted by molar-refractivity contribution is 0.100. The van der Waals surface area contributed by atoms with Gasteiger partial charge in [0.2, 0.25) is 0 Å². The summed E-state index contributed by atoms with van der Waals surface area (Å²) in [5.74, 6) is -0.485. The van der Waals surface area contributed by atoms with E-state index < -0.39 is 17.6 Å². The van der Waals surface area contributed by atoms with Crippen LogP contribution in [0.4, 0.5) is 0 Å². The van der Waals surface area contributed by atoms with Crippen molar-refractivity contribution < 1.29 is 9.90 Å². The van der Waals surface area contributed by atoms with Crippen molar-refractivity contribution in [2.75, 3.05) is 0 Å². The Morgan fingerprint density at radius 2 is 2.00 bits per heavy atom. The highest BCUT2D eigenvalue weighted by Gasteiger charge is 2.20. The number of carbonyl (C=O) groups excluding carboxylic acids is 1. The van der Waals surface area contributed by atoms with Crippen LogP contribution in [0.25, 0.3) is 10.2 Å². The molecule has 0 saturated carbocycles. The minimum Gasteiger partial charge on any atom is -0.386 e. The fraction of sp³-hybridized carbons (Fsp3) is 0.176. The van der Waals surface area contributed by atoms with Crippen molar-refractivity contribution in [3.05, 3.63) is 67.3 Å². The van der Waals surface area contributed by atoms with Crippen LogP contribution >= 0.6 is 34.5 Å². The lowest BCUT2D eigenvalue weighted by atomic mass is 10.1. The number of primary amides is 1. The molecule has 3 heterocycles. The quantitative estimate of drug-likeness (QED) is 0.440. The van der Waals surface area contributed by atoms with E-state index in [0.717, 1.165) is 11.3 Å². The van der Waals surface area contributed by atoms with Crippen molar-refractivity contribution in [2.45, 2.75) is 19.2 Å². The molecule has 154 valence electrons. The lowest BCUT2D eigenvalue weighted by Gasteiger charge is -2.09. The van der Waals surface area contributed by atoms with Crippen molar-refractivity contribution in [1.29, 1.82) is 0 Å². The van der Waals surface area contributed by atoms with Crippen molar-refractivity contribution in [3.63, 3.8) is 0 Å². The monoisotopic (exact) mass is 465 g/mol. The van der Waals surface area contributed by atoms with Gasteiger partial charge in [-0.1, -0.05) is 35.3 Å². The zero-order valence-corrected chi connectivity index (χ0v) is 17.4. The topological polar surface area (TPSA) is 142 Å². The van der Waals surface area contributed by atoms with E-state index in [1.165, 1.54) is 15.7 Å². The highest BCUT2D eigenvalue weighted by Crippen LogP contribution is 2.31. The maximum atomic E-state index is 12.7. The van der Waals surface area contributed by atoms with E-state index >= 15 is 0 Å². The van der Waals surface area contributed by atoms with E-state index in [1.54, 1.807) is 24.3 Å². The van der Waals surface area contributed by atoms with E-state index in [1.807, 2.05) is 0 Å². The van der Waals surface area contributed by atoms with Crippen LogP contribution in [0.3, 0.4) is 0 Å². The number of aliphatic hydroxyl groups excluding tert-OH is 1. The Labute approximate surface area is 182 Å². The summed E-state index contributed by atoms with van der Waals surface area (Å²) in [6.07, 6.45) is 0.452. The third-order valence-corrected chi connectivity index (χ3v) is 6.10. The van der Waals surface area contributed by atoms with E-state index in [0.29, 0.717) is 15.4 Å². The summed E-state index contributed by atoms with van der Waals surface area (Å²) >= 11 is 12.9. The smallest absolute Gasteiger partial charge is 0.264 e. The zero-order valence-electron chi connectivity index (χ0n) is 15.1. The molecule has 10 nitrogen and oxygen atoms in total. The Morgan fingerprint density at radius 1 is 1.27 bits per heavy atom. The van der Waals surface area contributed by atoms with Crippen LogP contribution in [-0.2, 0) is 13.1 Å². The predicted molar refractivity (Wildman–Crippen MR) is 111 cm³/mol. The van der Waals surface area contributed by atoms with Crippen molar-refractivity contribution in [2.24, 2.45) is 5.73 Å². The van der Waals surface area contributed by atoms with E-state index in [4.69, 9.17) is 28.9 Å². The molecule has 0 aliphatic carbocycles. The Kier molecular flexibility index (Phi) is 5.52. The summed E-state index contributed by atoms with van der Waals surface area (Å²) in [7, 11) is 0. The number of aliphatic hydroxyl groups is 1. The number of tetrazole rings is 1. The average Bonchev–Trinajstić information content (AvgIpc) is 3.29. The van der Waals surface area contributed by atoms with Gasteiger partial charge in [-0.25, -0.2) is 4.98 Å². The predicted octanol–water partition coefficient (Wildman–Crippen LogP) is 1.63. The van der Waals surface area contributed by atoms with Gasteiger partial charge in [0.05, 0.1) is 29.8 Å². The van der Waals surface area contributed by atoms with Crippen molar-refractivity contribution in [1.82, 2.24) is 29.8 Å². The van der Waals surface area contributed by atoms with E-state index in [-0.39, 0.29) is 34.2 Å². The number of amides is 1. The molecule has 0 unspecified atom stereocenters. The largest absolute Gasteiger partial charge is 0.386 e. The van der Waals surface area contributed by atoms with Gasteiger partial charge in [0.25, 0.3) is 11.5 Å². The molecule has 1 amide bonds. The molecule has 4 rings (SSSR count). The van der Waals surface area contributed by atoms with Gasteiger partial charge in [-0.15, -0.1) is 21.5 Å². The SMILES string of the molecule is NC(=O)c1sc2ncn(Cc3nnn(C[C@H](O)c4ccc(Cl)cc4)n3)c(=O)c2c1Cl. The molecule has 0 spiro atoms. The summed E-state index contributed by atoms with van der Waals surface area (Å²) in [5, 5.41) is 23.0. The molecule has 1 atom stereocenters. The summed E-state index contributed by atoms with van der Waals surface area (Å²) in [6.45, 7) is 0.0516. The second-order valence-corrected chi connectivity index (χ2v) is 8.11. The van der Waals surface area contributed by atoms with Crippen LogP contribution in [-0.4, -0.2) is 40.8 Å². The zero-order chi connectivity index (χ0) is 21.4. The van der Waals surface area contributed by atoms with Gasteiger partial charge in [0, 0.05) is 5.02 Å². The normalized spacial score (nSPS) is 12.4. The van der Waals surface area contributed by atoms with Gasteiger partial charge in [-0.3, -0.25) is 14.2 Å². The molecule has 4 aromatic rings. The number of halogens is 2. The van der Waals surface area contributed by atoms with Gasteiger partial charge in [0.1, 0.15) is 15.8 Å². The van der Waals surface area contributed by atoms with Gasteiger partial charge in [-0.2, -0.15) is 4.80 Å². The number of nitrogens with zero attached hydrogens (tertiary/aromatic N) is 6. The lowest BCUT2D eigenvalue weighted by Crippen LogP contribution is -2.21. The number of fused-ring (bicyclic) bond motifs is 1. The van der Waals surface area contributed by atoms with Crippen LogP contribution in [0.2, 0.25) is 10.0 Å². The van der Waals surface area contributed by atoms with Crippen LogP contribution in [0.1, 0.15) is 27.2 Å². The highest BCUT2D eigenvalue weighted by atomic mass is 35.5. The number of rotatable bonds is 6. The molecule has 3 N–H and O–H groups in total. The molecule has 0 aliphatic rings. The van der Waals surface area contributed by atoms with E-state index in [2.05, 4.69) is 20.4 Å². The number of hydrogen-bond donors (Lipinski definition) is 2. The molecule has 0 fully saturated rings. The van der Waals surface area contributed by atoms with E-state index in [9.17, 15) is 14.7 Å². The molecule has 0 bridgehead atoms. The summed E-state index contributed by atoms with van der Waals surface area (Å²) in [5.41, 5.74) is 5.48. The Hall–Kier alpha value is -2.86. The first-order chi connectivity index (χ1) is 14.3. The van der Waals surface area contributed by atoms with Crippen molar-refractivity contribution >= 4 is 50.7 Å². The maximum Gasteiger partial charge on any atom is 0.264 e. The van der Waals surface area contributed by atoms with Gasteiger partial charge >= 0.3 is 0 Å². The maximum absolute atomic E-state index is 12.7. The third-order valence-electron chi connectivity index (χ3n) is 4.24. The molecule has 13 heteroatoms. The Bertz CT molecular complexity index is 1300. The number of carbonyl (C=O) groups is 1. The second-order valence-electron chi connectivity index (χ2n) is 6.30. The fourth-order valence-electron chi connectivity index (χ4n) is 2.78. The number of aromatic nitrogens is 6. The Balaban J connectivity index is 1.55. The first-order valence-corrected chi connectivity index (χ1v) is 10.1. The van der Waals surface area contributed by atoms with Crippen molar-refractivity contribution in [3.8, 4) is 0 Å². The first kappa shape index (κ1) is 20.4. The van der Waals surface area contributed by atoms with Gasteiger partial charge < -0.3 is 10.8 Å². The summed E-state index contributed by atoms with van der Waals surface area (Å²) < 4.78 is 1.25. The van der Waals surface area contributed by atoms with Crippen LogP contribution in [0.15, 0.2) is 35.4 Å². The second kappa shape index (κ2) is 8.11. The average molecular weight is 466 g/mol. The first-order valence-electron chi connectivity index (χ1n) is 8.51. The molecule has 0 aliphatic heterocycles. The summed E-state index contributed by atoms with van der Waals surface area (Å²) in [4.78, 5) is 30.0.